The highest BCUT2D eigenvalue weighted by Crippen LogP contribution is 2.52. The lowest BCUT2D eigenvalue weighted by molar-refractivity contribution is -0.127. The number of hydrogen-bond acceptors (Lipinski definition) is 4. The largest absolute Gasteiger partial charge is 0.352 e. The SMILES string of the molecule is Cc1cccc(CN2C(C(=O)NC3CCN(S(C)=O)CC3)C(c3cccc(Cl)c3F)C(N)(c3ccc(Cl)cc3F)C2C)c1. The highest BCUT2D eigenvalue weighted by atomic mass is 35.5. The van der Waals surface area contributed by atoms with Crippen molar-refractivity contribution in [2.75, 3.05) is 19.3 Å². The van der Waals surface area contributed by atoms with Gasteiger partial charge in [0.25, 0.3) is 0 Å². The molecule has 6 nitrogen and oxygen atoms in total. The van der Waals surface area contributed by atoms with Crippen LogP contribution in [0.25, 0.3) is 0 Å². The van der Waals surface area contributed by atoms with Gasteiger partial charge in [-0.05, 0) is 56.0 Å². The highest BCUT2D eigenvalue weighted by Gasteiger charge is 2.60. The third kappa shape index (κ3) is 6.26. The van der Waals surface area contributed by atoms with E-state index >= 15 is 8.78 Å². The molecule has 0 radical (unpaired) electrons. The Bertz CT molecular complexity index is 1540. The normalized spacial score (nSPS) is 26.0. The van der Waals surface area contributed by atoms with Crippen molar-refractivity contribution in [3.63, 3.8) is 0 Å². The van der Waals surface area contributed by atoms with Gasteiger partial charge in [0, 0.05) is 54.5 Å². The predicted molar refractivity (Wildman–Crippen MR) is 168 cm³/mol. The molecule has 3 N–H and O–H groups in total. The van der Waals surface area contributed by atoms with E-state index in [1.807, 2.05) is 47.3 Å². The lowest BCUT2D eigenvalue weighted by atomic mass is 9.71. The Labute approximate surface area is 264 Å². The zero-order chi connectivity index (χ0) is 31.1. The van der Waals surface area contributed by atoms with Crippen molar-refractivity contribution >= 4 is 40.1 Å². The molecule has 0 aliphatic carbocycles. The van der Waals surface area contributed by atoms with Crippen LogP contribution in [0, 0.1) is 18.6 Å². The molecule has 3 aromatic carbocycles. The van der Waals surface area contributed by atoms with Crippen molar-refractivity contribution in [2.24, 2.45) is 5.73 Å². The maximum absolute atomic E-state index is 15.9. The van der Waals surface area contributed by atoms with Gasteiger partial charge >= 0.3 is 0 Å². The molecule has 0 spiro atoms. The van der Waals surface area contributed by atoms with Gasteiger partial charge < -0.3 is 11.1 Å². The van der Waals surface area contributed by atoms with Crippen LogP contribution in [0.2, 0.25) is 10.0 Å². The fourth-order valence-electron chi connectivity index (χ4n) is 6.75. The van der Waals surface area contributed by atoms with E-state index in [9.17, 15) is 9.00 Å². The molecule has 2 fully saturated rings. The second-order valence-electron chi connectivity index (χ2n) is 11.6. The van der Waals surface area contributed by atoms with Gasteiger partial charge in [0.05, 0.1) is 27.6 Å². The van der Waals surface area contributed by atoms with Gasteiger partial charge in [-0.25, -0.2) is 17.3 Å². The molecule has 2 aliphatic heterocycles. The predicted octanol–water partition coefficient (Wildman–Crippen LogP) is 5.66. The van der Waals surface area contributed by atoms with Gasteiger partial charge in [-0.15, -0.1) is 0 Å². The number of carbonyl (C=O) groups excluding carboxylic acids is 1. The third-order valence-corrected chi connectivity index (χ3v) is 10.6. The number of rotatable bonds is 7. The molecule has 230 valence electrons. The maximum Gasteiger partial charge on any atom is 0.238 e. The van der Waals surface area contributed by atoms with Gasteiger partial charge in [0.2, 0.25) is 5.91 Å². The van der Waals surface area contributed by atoms with E-state index in [2.05, 4.69) is 5.32 Å². The van der Waals surface area contributed by atoms with Crippen molar-refractivity contribution in [1.82, 2.24) is 14.5 Å². The number of hydrogen-bond donors (Lipinski definition) is 2. The summed E-state index contributed by atoms with van der Waals surface area (Å²) in [6, 6.07) is 15.0. The molecular weight excluding hydrogens is 613 g/mol. The highest BCUT2D eigenvalue weighted by molar-refractivity contribution is 7.81. The average Bonchev–Trinajstić information content (AvgIpc) is 3.17. The summed E-state index contributed by atoms with van der Waals surface area (Å²) >= 11 is 12.4. The van der Waals surface area contributed by atoms with Crippen molar-refractivity contribution < 1.29 is 17.8 Å². The molecule has 11 heteroatoms. The monoisotopic (exact) mass is 648 g/mol. The number of halogens is 4. The molecule has 2 aliphatic rings. The van der Waals surface area contributed by atoms with Gasteiger partial charge in [0.15, 0.2) is 0 Å². The average molecular weight is 650 g/mol. The topological polar surface area (TPSA) is 78.7 Å². The lowest BCUT2D eigenvalue weighted by Gasteiger charge is -2.37. The minimum atomic E-state index is -1.55. The molecule has 5 rings (SSSR count). The van der Waals surface area contributed by atoms with Crippen LogP contribution in [0.15, 0.2) is 60.7 Å². The zero-order valence-electron chi connectivity index (χ0n) is 24.3. The number of amides is 1. The summed E-state index contributed by atoms with van der Waals surface area (Å²) in [5.41, 5.74) is 8.02. The molecule has 5 atom stereocenters. The number of nitrogens with two attached hydrogens (primary N) is 1. The zero-order valence-corrected chi connectivity index (χ0v) is 26.7. The first-order valence-corrected chi connectivity index (χ1v) is 16.6. The first kappa shape index (κ1) is 32.0. The Kier molecular flexibility index (Phi) is 9.61. The van der Waals surface area contributed by atoms with Gasteiger partial charge in [-0.1, -0.05) is 71.2 Å². The van der Waals surface area contributed by atoms with Gasteiger partial charge in [0.1, 0.15) is 11.6 Å². The standard InChI is InChI=1S/C32H36Cl2F2N4O2S/c1-19-6-4-7-21(16-19)18-40-20(2)32(37,25-11-10-22(33)17-27(25)35)28(24-8-5-9-26(34)29(24)36)30(40)31(41)38-23-12-14-39(15-13-23)43(3)42/h4-11,16-17,20,23,28,30H,12-15,18,37H2,1-3H3,(H,38,41). The van der Waals surface area contributed by atoms with Crippen molar-refractivity contribution in [3.8, 4) is 0 Å². The Balaban J connectivity index is 1.64. The van der Waals surface area contributed by atoms with E-state index in [0.29, 0.717) is 32.5 Å². The van der Waals surface area contributed by atoms with Crippen LogP contribution < -0.4 is 11.1 Å². The van der Waals surface area contributed by atoms with Gasteiger partial charge in [-0.2, -0.15) is 0 Å². The van der Waals surface area contributed by atoms with Crippen molar-refractivity contribution in [3.05, 3.63) is 105 Å². The first-order chi connectivity index (χ1) is 20.4. The number of nitrogens with zero attached hydrogens (tertiary/aromatic N) is 2. The van der Waals surface area contributed by atoms with E-state index in [0.717, 1.165) is 11.1 Å². The van der Waals surface area contributed by atoms with Crippen LogP contribution in [-0.4, -0.2) is 56.8 Å². The number of carbonyl (C=O) groups is 1. The number of aryl methyl sites for hydroxylation is 1. The van der Waals surface area contributed by atoms with E-state index in [-0.39, 0.29) is 33.1 Å². The number of piperidine rings is 1. The molecule has 43 heavy (non-hydrogen) atoms. The van der Waals surface area contributed by atoms with E-state index < -0.39 is 46.2 Å². The molecule has 2 saturated heterocycles. The molecule has 2 heterocycles. The molecule has 0 aromatic heterocycles. The van der Waals surface area contributed by atoms with E-state index in [1.54, 1.807) is 24.5 Å². The molecule has 5 unspecified atom stereocenters. The molecule has 0 bridgehead atoms. The quantitative estimate of drug-likeness (QED) is 0.346. The maximum atomic E-state index is 15.9. The molecule has 1 amide bonds. The summed E-state index contributed by atoms with van der Waals surface area (Å²) in [6.07, 6.45) is 2.87. The first-order valence-electron chi connectivity index (χ1n) is 14.3. The van der Waals surface area contributed by atoms with E-state index in [4.69, 9.17) is 28.9 Å². The third-order valence-electron chi connectivity index (χ3n) is 8.97. The van der Waals surface area contributed by atoms with Crippen LogP contribution in [0.1, 0.15) is 47.9 Å². The Hall–Kier alpha value is -2.40. The summed E-state index contributed by atoms with van der Waals surface area (Å²) in [5, 5.41) is 3.27. The van der Waals surface area contributed by atoms with Crippen LogP contribution >= 0.6 is 23.2 Å². The Morgan fingerprint density at radius 2 is 1.79 bits per heavy atom. The second-order valence-corrected chi connectivity index (χ2v) is 13.8. The van der Waals surface area contributed by atoms with Gasteiger partial charge in [-0.3, -0.25) is 9.69 Å². The van der Waals surface area contributed by atoms with Crippen molar-refractivity contribution in [2.45, 2.75) is 62.8 Å². The molecular formula is C32H36Cl2F2N4O2S. The van der Waals surface area contributed by atoms with Crippen LogP contribution in [0.5, 0.6) is 0 Å². The number of nitrogens with one attached hydrogen (secondary N) is 1. The summed E-state index contributed by atoms with van der Waals surface area (Å²) in [5.74, 6) is -2.67. The van der Waals surface area contributed by atoms with Crippen LogP contribution in [-0.2, 0) is 27.9 Å². The minimum absolute atomic E-state index is 0.111. The second kappa shape index (κ2) is 12.9. The smallest absolute Gasteiger partial charge is 0.238 e. The molecule has 0 saturated carbocycles. The number of benzene rings is 3. The Morgan fingerprint density at radius 3 is 2.44 bits per heavy atom. The number of likely N-dealkylation sites (tertiary alicyclic amines) is 1. The van der Waals surface area contributed by atoms with Crippen LogP contribution in [0.4, 0.5) is 8.78 Å². The molecule has 3 aromatic rings. The van der Waals surface area contributed by atoms with Crippen molar-refractivity contribution in [1.29, 1.82) is 0 Å². The lowest BCUT2D eigenvalue weighted by Crippen LogP contribution is -2.52. The van der Waals surface area contributed by atoms with Crippen LogP contribution in [0.3, 0.4) is 0 Å². The Morgan fingerprint density at radius 1 is 1.09 bits per heavy atom. The summed E-state index contributed by atoms with van der Waals surface area (Å²) in [4.78, 5) is 16.4. The minimum Gasteiger partial charge on any atom is -0.352 e. The summed E-state index contributed by atoms with van der Waals surface area (Å²) in [6.45, 7) is 5.30. The fraction of sp³-hybridized carbons (Fsp3) is 0.406. The summed E-state index contributed by atoms with van der Waals surface area (Å²) in [7, 11) is -1.09. The van der Waals surface area contributed by atoms with E-state index in [1.165, 1.54) is 18.2 Å². The fourth-order valence-corrected chi connectivity index (χ4v) is 7.82. The summed E-state index contributed by atoms with van der Waals surface area (Å²) < 4.78 is 45.5.